The van der Waals surface area contributed by atoms with Crippen molar-refractivity contribution in [3.05, 3.63) is 69.8 Å². The first-order valence-corrected chi connectivity index (χ1v) is 9.22. The van der Waals surface area contributed by atoms with Crippen molar-refractivity contribution in [2.24, 2.45) is 0 Å². The lowest BCUT2D eigenvalue weighted by atomic mass is 9.84. The Hall–Kier alpha value is -1.90. The number of ether oxygens (including phenoxy) is 1. The number of rotatable bonds is 6. The van der Waals surface area contributed by atoms with E-state index >= 15 is 0 Å². The first kappa shape index (κ1) is 17.9. The minimum Gasteiger partial charge on any atom is -0.498 e. The molecule has 0 saturated heterocycles. The van der Waals surface area contributed by atoms with Gasteiger partial charge in [-0.1, -0.05) is 23.8 Å². The highest BCUT2D eigenvalue weighted by Gasteiger charge is 2.21. The molecular weight excluding hydrogens is 318 g/mol. The van der Waals surface area contributed by atoms with Gasteiger partial charge in [-0.05, 0) is 73.5 Å². The second-order valence-corrected chi connectivity index (χ2v) is 6.92. The van der Waals surface area contributed by atoms with E-state index < -0.39 is 0 Å². The normalized spacial score (nSPS) is 21.2. The predicted octanol–water partition coefficient (Wildman–Crippen LogP) is 6.58. The summed E-state index contributed by atoms with van der Waals surface area (Å²) in [6.45, 7) is 2.20. The van der Waals surface area contributed by atoms with E-state index in [1.807, 2.05) is 12.2 Å². The highest BCUT2D eigenvalue weighted by Crippen LogP contribution is 2.38. The summed E-state index contributed by atoms with van der Waals surface area (Å²) < 4.78 is 32.3. The standard InChI is InChI=1S/C22H26F2O/c1-16-3-5-17(6-4-16)19-9-12-21(22(24)15-19)18-7-10-20(11-8-18)25-14-2-13-23/h3,5,7,10,15H,2,4,6,8-9,11-14H2,1H3. The summed E-state index contributed by atoms with van der Waals surface area (Å²) in [5.74, 6) is 0.787. The SMILES string of the molecule is CC1=CC=C(C2=CC(F)=C(C3=CC=C(OCCCF)CC3)CC2)CC1. The second-order valence-electron chi connectivity index (χ2n) is 6.92. The van der Waals surface area contributed by atoms with E-state index in [0.29, 0.717) is 13.0 Å². The molecule has 3 aliphatic rings. The molecule has 0 heterocycles. The maximum absolute atomic E-state index is 14.7. The molecule has 0 fully saturated rings. The van der Waals surface area contributed by atoms with E-state index in [9.17, 15) is 8.78 Å². The summed E-state index contributed by atoms with van der Waals surface area (Å²) in [7, 11) is 0. The lowest BCUT2D eigenvalue weighted by Gasteiger charge is -2.23. The van der Waals surface area contributed by atoms with Crippen LogP contribution in [0.15, 0.2) is 69.8 Å². The monoisotopic (exact) mass is 344 g/mol. The van der Waals surface area contributed by atoms with E-state index in [1.54, 1.807) is 6.08 Å². The molecular formula is C22H26F2O. The molecule has 0 amide bonds. The topological polar surface area (TPSA) is 9.23 Å². The third kappa shape index (κ3) is 4.59. The zero-order valence-corrected chi connectivity index (χ0v) is 14.9. The Morgan fingerprint density at radius 1 is 0.880 bits per heavy atom. The van der Waals surface area contributed by atoms with Gasteiger partial charge in [-0.3, -0.25) is 4.39 Å². The second kappa shape index (κ2) is 8.46. The van der Waals surface area contributed by atoms with Crippen LogP contribution in [0.25, 0.3) is 0 Å². The Balaban J connectivity index is 1.70. The molecule has 0 saturated carbocycles. The summed E-state index contributed by atoms with van der Waals surface area (Å²) in [6, 6.07) is 0. The average Bonchev–Trinajstić information content (AvgIpc) is 2.63. The van der Waals surface area contributed by atoms with Crippen LogP contribution in [0.4, 0.5) is 8.78 Å². The number of halogens is 2. The number of allylic oxidation sites excluding steroid dienone is 12. The fourth-order valence-corrected chi connectivity index (χ4v) is 3.52. The van der Waals surface area contributed by atoms with Crippen molar-refractivity contribution in [1.82, 2.24) is 0 Å². The minimum atomic E-state index is -0.354. The molecule has 0 N–H and O–H groups in total. The van der Waals surface area contributed by atoms with Gasteiger partial charge in [0.25, 0.3) is 0 Å². The van der Waals surface area contributed by atoms with Crippen LogP contribution in [0.3, 0.4) is 0 Å². The van der Waals surface area contributed by atoms with Crippen molar-refractivity contribution < 1.29 is 13.5 Å². The van der Waals surface area contributed by atoms with Crippen LogP contribution in [0.1, 0.15) is 51.9 Å². The molecule has 0 aromatic carbocycles. The number of hydrogen-bond donors (Lipinski definition) is 0. The molecule has 3 heteroatoms. The molecule has 0 aromatic rings. The maximum Gasteiger partial charge on any atom is 0.126 e. The van der Waals surface area contributed by atoms with Gasteiger partial charge in [-0.25, -0.2) is 4.39 Å². The fraction of sp³-hybridized carbons (Fsp3) is 0.455. The Morgan fingerprint density at radius 2 is 1.64 bits per heavy atom. The third-order valence-electron chi connectivity index (χ3n) is 5.07. The van der Waals surface area contributed by atoms with Gasteiger partial charge in [-0.15, -0.1) is 0 Å². The van der Waals surface area contributed by atoms with Crippen molar-refractivity contribution in [3.8, 4) is 0 Å². The van der Waals surface area contributed by atoms with Crippen LogP contribution in [-0.4, -0.2) is 13.3 Å². The molecule has 134 valence electrons. The van der Waals surface area contributed by atoms with Crippen molar-refractivity contribution in [1.29, 1.82) is 0 Å². The van der Waals surface area contributed by atoms with E-state index in [1.165, 1.54) is 11.1 Å². The zero-order valence-electron chi connectivity index (χ0n) is 14.9. The van der Waals surface area contributed by atoms with Gasteiger partial charge in [0.2, 0.25) is 0 Å². The summed E-state index contributed by atoms with van der Waals surface area (Å²) in [4.78, 5) is 0. The summed E-state index contributed by atoms with van der Waals surface area (Å²) in [5.41, 5.74) is 5.72. The highest BCUT2D eigenvalue weighted by atomic mass is 19.1. The smallest absolute Gasteiger partial charge is 0.126 e. The lowest BCUT2D eigenvalue weighted by molar-refractivity contribution is 0.189. The molecule has 0 spiro atoms. The van der Waals surface area contributed by atoms with Gasteiger partial charge in [0, 0.05) is 12.8 Å². The Morgan fingerprint density at radius 3 is 2.28 bits per heavy atom. The molecule has 0 aliphatic heterocycles. The van der Waals surface area contributed by atoms with E-state index in [2.05, 4.69) is 19.1 Å². The van der Waals surface area contributed by atoms with Crippen LogP contribution < -0.4 is 0 Å². The molecule has 3 rings (SSSR count). The van der Waals surface area contributed by atoms with Gasteiger partial charge < -0.3 is 4.74 Å². The quantitative estimate of drug-likeness (QED) is 0.495. The molecule has 3 aliphatic carbocycles. The van der Waals surface area contributed by atoms with Gasteiger partial charge in [0.1, 0.15) is 5.83 Å². The van der Waals surface area contributed by atoms with Crippen LogP contribution in [0, 0.1) is 0 Å². The van der Waals surface area contributed by atoms with Crippen molar-refractivity contribution >= 4 is 0 Å². The molecule has 25 heavy (non-hydrogen) atoms. The molecule has 1 nitrogen and oxygen atoms in total. The van der Waals surface area contributed by atoms with Crippen LogP contribution in [-0.2, 0) is 4.74 Å². The maximum atomic E-state index is 14.7. The Labute approximate surface area is 149 Å². The third-order valence-corrected chi connectivity index (χ3v) is 5.07. The lowest BCUT2D eigenvalue weighted by Crippen LogP contribution is -2.06. The van der Waals surface area contributed by atoms with Gasteiger partial charge in [0.15, 0.2) is 0 Å². The molecule has 0 unspecified atom stereocenters. The fourth-order valence-electron chi connectivity index (χ4n) is 3.52. The first-order valence-electron chi connectivity index (χ1n) is 9.22. The molecule has 0 aromatic heterocycles. The highest BCUT2D eigenvalue weighted by molar-refractivity contribution is 5.49. The molecule has 0 bridgehead atoms. The zero-order chi connectivity index (χ0) is 17.6. The number of hydrogen-bond acceptors (Lipinski definition) is 1. The van der Waals surface area contributed by atoms with Crippen molar-refractivity contribution in [2.75, 3.05) is 13.3 Å². The van der Waals surface area contributed by atoms with Crippen molar-refractivity contribution in [2.45, 2.75) is 51.9 Å². The Kier molecular flexibility index (Phi) is 6.06. The minimum absolute atomic E-state index is 0.0881. The van der Waals surface area contributed by atoms with Gasteiger partial charge >= 0.3 is 0 Å². The Bertz CT molecular complexity index is 702. The summed E-state index contributed by atoms with van der Waals surface area (Å²) >= 11 is 0. The average molecular weight is 344 g/mol. The summed E-state index contributed by atoms with van der Waals surface area (Å²) in [6.07, 6.45) is 15.6. The predicted molar refractivity (Wildman–Crippen MR) is 98.5 cm³/mol. The van der Waals surface area contributed by atoms with E-state index in [-0.39, 0.29) is 12.5 Å². The van der Waals surface area contributed by atoms with Crippen LogP contribution in [0.2, 0.25) is 0 Å². The van der Waals surface area contributed by atoms with Crippen LogP contribution >= 0.6 is 0 Å². The van der Waals surface area contributed by atoms with Gasteiger partial charge in [0.05, 0.1) is 19.0 Å². The first-order chi connectivity index (χ1) is 12.2. The largest absolute Gasteiger partial charge is 0.498 e. The summed E-state index contributed by atoms with van der Waals surface area (Å²) in [5, 5.41) is 0. The van der Waals surface area contributed by atoms with E-state index in [4.69, 9.17) is 4.74 Å². The molecule has 0 radical (unpaired) electrons. The van der Waals surface area contributed by atoms with Gasteiger partial charge in [-0.2, -0.15) is 0 Å². The van der Waals surface area contributed by atoms with Crippen LogP contribution in [0.5, 0.6) is 0 Å². The van der Waals surface area contributed by atoms with E-state index in [0.717, 1.165) is 61.0 Å². The van der Waals surface area contributed by atoms with Crippen molar-refractivity contribution in [3.63, 3.8) is 0 Å². The number of alkyl halides is 1. The molecule has 0 atom stereocenters.